The first kappa shape index (κ1) is 14.4. The second kappa shape index (κ2) is 5.66. The zero-order chi connectivity index (χ0) is 14.9. The molecule has 0 aromatic carbocycles. The van der Waals surface area contributed by atoms with Gasteiger partial charge in [-0.25, -0.2) is 0 Å². The van der Waals surface area contributed by atoms with E-state index < -0.39 is 0 Å². The van der Waals surface area contributed by atoms with Crippen molar-refractivity contribution < 1.29 is 0 Å². The topological polar surface area (TPSA) is 66.0 Å². The lowest BCUT2D eigenvalue weighted by atomic mass is 9.99. The van der Waals surface area contributed by atoms with Gasteiger partial charge in [-0.1, -0.05) is 0 Å². The van der Waals surface area contributed by atoms with Gasteiger partial charge >= 0.3 is 0 Å². The Hall–Kier alpha value is -1.59. The summed E-state index contributed by atoms with van der Waals surface area (Å²) in [7, 11) is 0. The minimum atomic E-state index is 0.0487. The first-order valence-corrected chi connectivity index (χ1v) is 8.11. The molecule has 1 aromatic rings. The van der Waals surface area contributed by atoms with E-state index in [2.05, 4.69) is 51.3 Å². The van der Waals surface area contributed by atoms with Crippen molar-refractivity contribution in [1.82, 2.24) is 15.0 Å². The SMILES string of the molecule is CCNc1nc(NC(C)(C)C2CC2)nc(N2CCCC2)n1. The van der Waals surface area contributed by atoms with Crippen LogP contribution in [0.15, 0.2) is 0 Å². The summed E-state index contributed by atoms with van der Waals surface area (Å²) in [4.78, 5) is 16.0. The summed E-state index contributed by atoms with van der Waals surface area (Å²) < 4.78 is 0. The molecule has 1 aromatic heterocycles. The maximum atomic E-state index is 4.65. The van der Waals surface area contributed by atoms with E-state index in [-0.39, 0.29) is 5.54 Å². The number of nitrogens with zero attached hydrogens (tertiary/aromatic N) is 4. The summed E-state index contributed by atoms with van der Waals surface area (Å²) in [5, 5.41) is 6.73. The Kier molecular flexibility index (Phi) is 3.87. The highest BCUT2D eigenvalue weighted by atomic mass is 15.3. The van der Waals surface area contributed by atoms with Crippen LogP contribution in [0.5, 0.6) is 0 Å². The van der Waals surface area contributed by atoms with Crippen LogP contribution in [0.3, 0.4) is 0 Å². The van der Waals surface area contributed by atoms with Gasteiger partial charge in [0.1, 0.15) is 0 Å². The Labute approximate surface area is 126 Å². The van der Waals surface area contributed by atoms with Crippen LogP contribution < -0.4 is 15.5 Å². The summed E-state index contributed by atoms with van der Waals surface area (Å²) in [6.45, 7) is 9.42. The van der Waals surface area contributed by atoms with Gasteiger partial charge in [0.2, 0.25) is 17.8 Å². The Bertz CT molecular complexity index is 491. The van der Waals surface area contributed by atoms with Gasteiger partial charge in [-0.15, -0.1) is 0 Å². The molecule has 6 nitrogen and oxygen atoms in total. The molecule has 0 amide bonds. The van der Waals surface area contributed by atoms with E-state index in [1.807, 2.05) is 0 Å². The molecule has 0 bridgehead atoms. The van der Waals surface area contributed by atoms with E-state index in [9.17, 15) is 0 Å². The molecule has 2 N–H and O–H groups in total. The van der Waals surface area contributed by atoms with Gasteiger partial charge < -0.3 is 15.5 Å². The molecule has 2 aliphatic rings. The van der Waals surface area contributed by atoms with E-state index in [4.69, 9.17) is 0 Å². The molecule has 0 spiro atoms. The first-order valence-electron chi connectivity index (χ1n) is 8.11. The first-order chi connectivity index (χ1) is 10.1. The lowest BCUT2D eigenvalue weighted by molar-refractivity contribution is 0.490. The molecular formula is C15H26N6. The zero-order valence-corrected chi connectivity index (χ0v) is 13.3. The molecule has 1 aliphatic heterocycles. The van der Waals surface area contributed by atoms with E-state index in [1.54, 1.807) is 0 Å². The summed E-state index contributed by atoms with van der Waals surface area (Å²) in [5.41, 5.74) is 0.0487. The summed E-state index contributed by atoms with van der Waals surface area (Å²) in [5.74, 6) is 2.89. The van der Waals surface area contributed by atoms with Gasteiger partial charge in [0, 0.05) is 25.2 Å². The van der Waals surface area contributed by atoms with Crippen molar-refractivity contribution in [3.63, 3.8) is 0 Å². The Balaban J connectivity index is 1.83. The van der Waals surface area contributed by atoms with Crippen molar-refractivity contribution in [3.05, 3.63) is 0 Å². The number of nitrogens with one attached hydrogen (secondary N) is 2. The highest BCUT2D eigenvalue weighted by Gasteiger charge is 2.38. The maximum Gasteiger partial charge on any atom is 0.231 e. The van der Waals surface area contributed by atoms with Crippen LogP contribution in [-0.4, -0.2) is 40.1 Å². The van der Waals surface area contributed by atoms with Crippen LogP contribution in [-0.2, 0) is 0 Å². The summed E-state index contributed by atoms with van der Waals surface area (Å²) >= 11 is 0. The lowest BCUT2D eigenvalue weighted by Crippen LogP contribution is -2.34. The molecule has 21 heavy (non-hydrogen) atoms. The highest BCUT2D eigenvalue weighted by Crippen LogP contribution is 2.40. The predicted octanol–water partition coefficient (Wildman–Crippen LogP) is 2.50. The predicted molar refractivity (Wildman–Crippen MR) is 85.9 cm³/mol. The Morgan fingerprint density at radius 3 is 2.38 bits per heavy atom. The van der Waals surface area contributed by atoms with E-state index in [0.717, 1.165) is 31.5 Å². The van der Waals surface area contributed by atoms with E-state index in [1.165, 1.54) is 25.7 Å². The van der Waals surface area contributed by atoms with Crippen molar-refractivity contribution >= 4 is 17.8 Å². The van der Waals surface area contributed by atoms with Gasteiger partial charge in [0.25, 0.3) is 0 Å². The Morgan fingerprint density at radius 1 is 1.10 bits per heavy atom. The second-order valence-electron chi connectivity index (χ2n) is 6.63. The third-order valence-corrected chi connectivity index (χ3v) is 4.38. The maximum absolute atomic E-state index is 4.65. The molecule has 2 heterocycles. The largest absolute Gasteiger partial charge is 0.354 e. The van der Waals surface area contributed by atoms with Crippen molar-refractivity contribution in [3.8, 4) is 0 Å². The normalized spacial score (nSPS) is 18.9. The minimum absolute atomic E-state index is 0.0487. The number of hydrogen-bond donors (Lipinski definition) is 2. The molecule has 1 saturated heterocycles. The molecule has 3 rings (SSSR count). The molecule has 0 unspecified atom stereocenters. The van der Waals surface area contributed by atoms with Gasteiger partial charge in [-0.3, -0.25) is 0 Å². The number of aromatic nitrogens is 3. The molecule has 116 valence electrons. The molecule has 0 radical (unpaired) electrons. The average molecular weight is 290 g/mol. The van der Waals surface area contributed by atoms with Crippen LogP contribution in [0.2, 0.25) is 0 Å². The van der Waals surface area contributed by atoms with Crippen molar-refractivity contribution in [2.75, 3.05) is 35.2 Å². The zero-order valence-electron chi connectivity index (χ0n) is 13.3. The van der Waals surface area contributed by atoms with E-state index >= 15 is 0 Å². The van der Waals surface area contributed by atoms with Crippen LogP contribution in [0.4, 0.5) is 17.8 Å². The molecule has 6 heteroatoms. The van der Waals surface area contributed by atoms with Crippen molar-refractivity contribution in [2.24, 2.45) is 5.92 Å². The summed E-state index contributed by atoms with van der Waals surface area (Å²) in [6.07, 6.45) is 5.03. The standard InChI is InChI=1S/C15H26N6/c1-4-16-12-17-13(20-15(2,3)11-7-8-11)19-14(18-12)21-9-5-6-10-21/h11H,4-10H2,1-3H3,(H2,16,17,18,19,20). The van der Waals surface area contributed by atoms with Crippen LogP contribution in [0.25, 0.3) is 0 Å². The average Bonchev–Trinajstić information content (AvgIpc) is 3.15. The smallest absolute Gasteiger partial charge is 0.231 e. The van der Waals surface area contributed by atoms with Gasteiger partial charge in [-0.2, -0.15) is 15.0 Å². The number of rotatable bonds is 6. The van der Waals surface area contributed by atoms with E-state index in [0.29, 0.717) is 11.9 Å². The fourth-order valence-electron chi connectivity index (χ4n) is 2.91. The molecule has 2 fully saturated rings. The quantitative estimate of drug-likeness (QED) is 0.839. The molecule has 0 atom stereocenters. The van der Waals surface area contributed by atoms with Crippen molar-refractivity contribution in [1.29, 1.82) is 0 Å². The number of anilines is 3. The van der Waals surface area contributed by atoms with Crippen molar-refractivity contribution in [2.45, 2.75) is 52.0 Å². The van der Waals surface area contributed by atoms with Crippen LogP contribution >= 0.6 is 0 Å². The highest BCUT2D eigenvalue weighted by molar-refractivity contribution is 5.45. The molecule has 1 aliphatic carbocycles. The van der Waals surface area contributed by atoms with Gasteiger partial charge in [0.05, 0.1) is 0 Å². The summed E-state index contributed by atoms with van der Waals surface area (Å²) in [6, 6.07) is 0. The monoisotopic (exact) mass is 290 g/mol. The second-order valence-corrected chi connectivity index (χ2v) is 6.63. The lowest BCUT2D eigenvalue weighted by Gasteiger charge is -2.27. The van der Waals surface area contributed by atoms with Crippen LogP contribution in [0, 0.1) is 5.92 Å². The van der Waals surface area contributed by atoms with Gasteiger partial charge in [0.15, 0.2) is 0 Å². The fourth-order valence-corrected chi connectivity index (χ4v) is 2.91. The minimum Gasteiger partial charge on any atom is -0.354 e. The molecular weight excluding hydrogens is 264 g/mol. The Morgan fingerprint density at radius 2 is 1.76 bits per heavy atom. The third-order valence-electron chi connectivity index (χ3n) is 4.38. The van der Waals surface area contributed by atoms with Gasteiger partial charge in [-0.05, 0) is 52.4 Å². The number of hydrogen-bond acceptors (Lipinski definition) is 6. The molecule has 1 saturated carbocycles. The van der Waals surface area contributed by atoms with Crippen LogP contribution in [0.1, 0.15) is 46.5 Å². The third kappa shape index (κ3) is 3.36. The fraction of sp³-hybridized carbons (Fsp3) is 0.800.